The highest BCUT2D eigenvalue weighted by atomic mass is 16.5. The van der Waals surface area contributed by atoms with Crippen LogP contribution in [0, 0.1) is 40.4 Å². The Morgan fingerprint density at radius 1 is 1.00 bits per heavy atom. The molecule has 0 aromatic heterocycles. The summed E-state index contributed by atoms with van der Waals surface area (Å²) in [6, 6.07) is 0. The molecule has 8 atom stereocenters. The van der Waals surface area contributed by atoms with Gasteiger partial charge in [0.1, 0.15) is 6.10 Å². The fraction of sp³-hybridized carbons (Fsp3) is 0.739. The average Bonchev–Trinajstić information content (AvgIpc) is 2.98. The SMILES string of the molecule is COC(=O)C1C=CC2C3C=CC4CC(OC(C)=O)CCC4(C)C3CCC12C. The number of ether oxygens (including phenoxy) is 2. The van der Waals surface area contributed by atoms with Gasteiger partial charge in [-0.15, -0.1) is 0 Å². The lowest BCUT2D eigenvalue weighted by Crippen LogP contribution is -2.53. The number of hydrogen-bond donors (Lipinski definition) is 0. The van der Waals surface area contributed by atoms with Crippen LogP contribution in [0.2, 0.25) is 0 Å². The molecule has 0 saturated heterocycles. The summed E-state index contributed by atoms with van der Waals surface area (Å²) in [4.78, 5) is 23.7. The summed E-state index contributed by atoms with van der Waals surface area (Å²) < 4.78 is 10.6. The zero-order valence-electron chi connectivity index (χ0n) is 16.9. The molecule has 2 saturated carbocycles. The van der Waals surface area contributed by atoms with E-state index in [9.17, 15) is 9.59 Å². The van der Waals surface area contributed by atoms with Crippen LogP contribution >= 0.6 is 0 Å². The molecule has 2 fully saturated rings. The van der Waals surface area contributed by atoms with Crippen molar-refractivity contribution in [3.63, 3.8) is 0 Å². The van der Waals surface area contributed by atoms with Gasteiger partial charge >= 0.3 is 11.9 Å². The minimum absolute atomic E-state index is 0.0310. The van der Waals surface area contributed by atoms with Gasteiger partial charge in [0.05, 0.1) is 13.0 Å². The second kappa shape index (κ2) is 6.49. The first-order valence-corrected chi connectivity index (χ1v) is 10.4. The van der Waals surface area contributed by atoms with E-state index in [1.807, 2.05) is 0 Å². The standard InChI is InChI=1S/C23H32O4/c1-14(24)27-16-9-11-22(2)15(13-16)5-6-17-18-7-8-20(21(25)26-4)23(18,3)12-10-19(17)22/h5-8,15-20H,9-13H2,1-4H3. The number of fused-ring (bicyclic) bond motifs is 5. The first kappa shape index (κ1) is 18.8. The molecule has 0 amide bonds. The Bertz CT molecular complexity index is 694. The van der Waals surface area contributed by atoms with Gasteiger partial charge < -0.3 is 9.47 Å². The van der Waals surface area contributed by atoms with E-state index in [4.69, 9.17) is 9.47 Å². The van der Waals surface area contributed by atoms with Crippen LogP contribution in [-0.4, -0.2) is 25.2 Å². The monoisotopic (exact) mass is 372 g/mol. The minimum atomic E-state index is -0.167. The number of carbonyl (C=O) groups is 2. The van der Waals surface area contributed by atoms with Crippen molar-refractivity contribution in [2.24, 2.45) is 40.4 Å². The molecule has 0 heterocycles. The van der Waals surface area contributed by atoms with Crippen molar-refractivity contribution >= 4 is 11.9 Å². The van der Waals surface area contributed by atoms with Crippen LogP contribution in [0.15, 0.2) is 24.3 Å². The summed E-state index contributed by atoms with van der Waals surface area (Å²) >= 11 is 0. The summed E-state index contributed by atoms with van der Waals surface area (Å²) in [6.07, 6.45) is 14.5. The number of hydrogen-bond acceptors (Lipinski definition) is 4. The highest BCUT2D eigenvalue weighted by molar-refractivity contribution is 5.76. The second-order valence-corrected chi connectivity index (χ2v) is 9.64. The zero-order valence-corrected chi connectivity index (χ0v) is 16.9. The normalized spacial score (nSPS) is 47.6. The Labute approximate surface area is 162 Å². The third-order valence-electron chi connectivity index (χ3n) is 8.43. The van der Waals surface area contributed by atoms with Gasteiger partial charge in [-0.2, -0.15) is 0 Å². The van der Waals surface area contributed by atoms with Gasteiger partial charge in [0.15, 0.2) is 0 Å². The topological polar surface area (TPSA) is 52.6 Å². The Kier molecular flexibility index (Phi) is 4.51. The van der Waals surface area contributed by atoms with E-state index in [2.05, 4.69) is 38.2 Å². The third-order valence-corrected chi connectivity index (χ3v) is 8.43. The maximum absolute atomic E-state index is 12.3. The fourth-order valence-electron chi connectivity index (χ4n) is 6.87. The number of methoxy groups -OCH3 is 1. The summed E-state index contributed by atoms with van der Waals surface area (Å²) in [5, 5.41) is 0. The third kappa shape index (κ3) is 2.78. The summed E-state index contributed by atoms with van der Waals surface area (Å²) in [7, 11) is 1.49. The van der Waals surface area contributed by atoms with Crippen molar-refractivity contribution in [1.29, 1.82) is 0 Å². The van der Waals surface area contributed by atoms with Gasteiger partial charge in [-0.25, -0.2) is 0 Å². The molecule has 8 unspecified atom stereocenters. The van der Waals surface area contributed by atoms with Crippen LogP contribution in [0.3, 0.4) is 0 Å². The molecule has 0 aromatic carbocycles. The number of carbonyl (C=O) groups excluding carboxylic acids is 2. The van der Waals surface area contributed by atoms with Crippen molar-refractivity contribution in [1.82, 2.24) is 0 Å². The van der Waals surface area contributed by atoms with Crippen LogP contribution < -0.4 is 0 Å². The Morgan fingerprint density at radius 2 is 1.74 bits per heavy atom. The van der Waals surface area contributed by atoms with E-state index in [-0.39, 0.29) is 34.8 Å². The van der Waals surface area contributed by atoms with Gasteiger partial charge in [-0.05, 0) is 66.6 Å². The predicted octanol–water partition coefficient (Wildman–Crippen LogP) is 4.30. The van der Waals surface area contributed by atoms with Crippen molar-refractivity contribution in [3.8, 4) is 0 Å². The molecule has 0 N–H and O–H groups in total. The molecule has 4 heteroatoms. The summed E-state index contributed by atoms with van der Waals surface area (Å²) in [5.74, 6) is 1.61. The Morgan fingerprint density at radius 3 is 2.44 bits per heavy atom. The van der Waals surface area contributed by atoms with E-state index >= 15 is 0 Å². The molecule has 0 aromatic rings. The van der Waals surface area contributed by atoms with Crippen molar-refractivity contribution < 1.29 is 19.1 Å². The lowest BCUT2D eigenvalue weighted by molar-refractivity contribution is -0.155. The van der Waals surface area contributed by atoms with E-state index in [0.717, 1.165) is 32.1 Å². The molecule has 4 aliphatic rings. The van der Waals surface area contributed by atoms with Gasteiger partial charge in [0.2, 0.25) is 0 Å². The van der Waals surface area contributed by atoms with E-state index in [1.165, 1.54) is 14.0 Å². The Hall–Kier alpha value is -1.58. The van der Waals surface area contributed by atoms with Gasteiger partial charge in [-0.1, -0.05) is 38.2 Å². The van der Waals surface area contributed by atoms with Gasteiger partial charge in [-0.3, -0.25) is 9.59 Å². The van der Waals surface area contributed by atoms with Crippen molar-refractivity contribution in [2.75, 3.05) is 7.11 Å². The summed E-state index contributed by atoms with van der Waals surface area (Å²) in [5.41, 5.74) is 0.228. The Balaban J connectivity index is 1.58. The van der Waals surface area contributed by atoms with Crippen LogP contribution in [0.5, 0.6) is 0 Å². The van der Waals surface area contributed by atoms with Crippen molar-refractivity contribution in [3.05, 3.63) is 24.3 Å². The molecule has 0 spiro atoms. The zero-order chi connectivity index (χ0) is 19.4. The quantitative estimate of drug-likeness (QED) is 0.536. The first-order valence-electron chi connectivity index (χ1n) is 10.4. The van der Waals surface area contributed by atoms with Crippen LogP contribution in [-0.2, 0) is 19.1 Å². The largest absolute Gasteiger partial charge is 0.469 e. The van der Waals surface area contributed by atoms with E-state index in [0.29, 0.717) is 23.7 Å². The molecule has 4 rings (SSSR count). The minimum Gasteiger partial charge on any atom is -0.469 e. The lowest BCUT2D eigenvalue weighted by atomic mass is 9.46. The molecule has 0 radical (unpaired) electrons. The maximum Gasteiger partial charge on any atom is 0.313 e. The molecular formula is C23H32O4. The number of esters is 2. The van der Waals surface area contributed by atoms with E-state index < -0.39 is 0 Å². The smallest absolute Gasteiger partial charge is 0.313 e. The number of rotatable bonds is 2. The lowest BCUT2D eigenvalue weighted by Gasteiger charge is -2.58. The molecule has 0 aliphatic heterocycles. The predicted molar refractivity (Wildman–Crippen MR) is 103 cm³/mol. The second-order valence-electron chi connectivity index (χ2n) is 9.64. The molecule has 4 aliphatic carbocycles. The van der Waals surface area contributed by atoms with E-state index in [1.54, 1.807) is 0 Å². The highest BCUT2D eigenvalue weighted by Gasteiger charge is 2.59. The molecule has 0 bridgehead atoms. The summed E-state index contributed by atoms with van der Waals surface area (Å²) in [6.45, 7) is 6.23. The molecule has 148 valence electrons. The van der Waals surface area contributed by atoms with Crippen LogP contribution in [0.25, 0.3) is 0 Å². The molecule has 4 nitrogen and oxygen atoms in total. The molecular weight excluding hydrogens is 340 g/mol. The van der Waals surface area contributed by atoms with Crippen LogP contribution in [0.4, 0.5) is 0 Å². The first-order chi connectivity index (χ1) is 12.8. The van der Waals surface area contributed by atoms with Gasteiger partial charge in [0, 0.05) is 6.92 Å². The average molecular weight is 373 g/mol. The maximum atomic E-state index is 12.3. The van der Waals surface area contributed by atoms with Crippen LogP contribution in [0.1, 0.15) is 52.9 Å². The highest BCUT2D eigenvalue weighted by Crippen LogP contribution is 2.64. The molecule has 27 heavy (non-hydrogen) atoms. The van der Waals surface area contributed by atoms with Gasteiger partial charge in [0.25, 0.3) is 0 Å². The van der Waals surface area contributed by atoms with Crippen molar-refractivity contribution in [2.45, 2.75) is 59.0 Å². The fourth-order valence-corrected chi connectivity index (χ4v) is 6.87. The number of allylic oxidation sites excluding steroid dienone is 3.